The summed E-state index contributed by atoms with van der Waals surface area (Å²) in [6.07, 6.45) is 5.34. The largest absolute Gasteiger partial charge is 0.496 e. The zero-order valence-electron chi connectivity index (χ0n) is 16.2. The number of benzene rings is 1. The van der Waals surface area contributed by atoms with Crippen LogP contribution in [0.15, 0.2) is 42.4 Å². The highest BCUT2D eigenvalue weighted by atomic mass is 16.5. The van der Waals surface area contributed by atoms with E-state index >= 15 is 0 Å². The summed E-state index contributed by atoms with van der Waals surface area (Å²) in [5.41, 5.74) is 4.05. The molecule has 0 atom stereocenters. The van der Waals surface area contributed by atoms with Crippen molar-refractivity contribution in [1.29, 1.82) is 0 Å². The lowest BCUT2D eigenvalue weighted by Crippen LogP contribution is -2.43. The number of Topliss-reactive ketones (excluding diaryl/α,β-unsaturated/α-hetero) is 1. The van der Waals surface area contributed by atoms with E-state index in [0.717, 1.165) is 54.1 Å². The average molecular weight is 390 g/mol. The first-order valence-corrected chi connectivity index (χ1v) is 9.74. The van der Waals surface area contributed by atoms with Crippen LogP contribution in [-0.4, -0.2) is 53.9 Å². The van der Waals surface area contributed by atoms with Gasteiger partial charge >= 0.3 is 0 Å². The van der Waals surface area contributed by atoms with Crippen LogP contribution in [-0.2, 0) is 6.54 Å². The fourth-order valence-electron chi connectivity index (χ4n) is 3.95. The molecule has 5 rings (SSSR count). The van der Waals surface area contributed by atoms with Crippen LogP contribution < -0.4 is 14.8 Å². The van der Waals surface area contributed by atoms with Crippen LogP contribution in [0, 0.1) is 0 Å². The third-order valence-electron chi connectivity index (χ3n) is 5.46. The van der Waals surface area contributed by atoms with Crippen LogP contribution in [0.2, 0.25) is 0 Å². The fraction of sp³-hybridized carbons (Fsp3) is 0.273. The zero-order valence-corrected chi connectivity index (χ0v) is 16.2. The van der Waals surface area contributed by atoms with Crippen LogP contribution >= 0.6 is 0 Å². The number of H-pyrrole nitrogens is 1. The lowest BCUT2D eigenvalue weighted by molar-refractivity contribution is 0.101. The predicted octanol–water partition coefficient (Wildman–Crippen LogP) is 2.59. The van der Waals surface area contributed by atoms with Gasteiger partial charge in [-0.1, -0.05) is 0 Å². The first kappa shape index (κ1) is 17.9. The maximum Gasteiger partial charge on any atom is 0.231 e. The van der Waals surface area contributed by atoms with Gasteiger partial charge in [0.25, 0.3) is 0 Å². The number of ether oxygens (including phenoxy) is 2. The van der Waals surface area contributed by atoms with E-state index in [4.69, 9.17) is 9.47 Å². The summed E-state index contributed by atoms with van der Waals surface area (Å²) in [4.78, 5) is 22.9. The van der Waals surface area contributed by atoms with E-state index in [-0.39, 0.29) is 5.78 Å². The van der Waals surface area contributed by atoms with Crippen molar-refractivity contribution in [3.8, 4) is 11.5 Å². The number of pyridine rings is 1. The van der Waals surface area contributed by atoms with Crippen LogP contribution in [0.4, 0.5) is 0 Å². The Labute approximate surface area is 168 Å². The number of hydrogen-bond donors (Lipinski definition) is 2. The molecule has 2 aromatic heterocycles. The minimum Gasteiger partial charge on any atom is -0.496 e. The predicted molar refractivity (Wildman–Crippen MR) is 110 cm³/mol. The molecule has 0 amide bonds. The molecule has 7 heteroatoms. The van der Waals surface area contributed by atoms with E-state index in [9.17, 15) is 4.79 Å². The van der Waals surface area contributed by atoms with Gasteiger partial charge in [0.05, 0.1) is 29.3 Å². The average Bonchev–Trinajstić information content (AvgIpc) is 3.31. The molecule has 1 saturated heterocycles. The number of nitrogens with zero attached hydrogens (tertiary/aromatic N) is 2. The Morgan fingerprint density at radius 1 is 1.28 bits per heavy atom. The monoisotopic (exact) mass is 390 g/mol. The third kappa shape index (κ3) is 3.18. The quantitative estimate of drug-likeness (QED) is 0.667. The number of allylic oxidation sites excluding steroid dienone is 1. The number of methoxy groups -OCH3 is 1. The molecule has 0 spiro atoms. The summed E-state index contributed by atoms with van der Waals surface area (Å²) in [6, 6.07) is 7.46. The minimum atomic E-state index is -0.116. The first-order valence-electron chi connectivity index (χ1n) is 9.74. The van der Waals surface area contributed by atoms with E-state index in [2.05, 4.69) is 20.2 Å². The fourth-order valence-corrected chi connectivity index (χ4v) is 3.95. The van der Waals surface area contributed by atoms with Crippen LogP contribution in [0.25, 0.3) is 17.1 Å². The van der Waals surface area contributed by atoms with Crippen molar-refractivity contribution in [2.75, 3.05) is 33.3 Å². The molecule has 0 saturated carbocycles. The van der Waals surface area contributed by atoms with Gasteiger partial charge in [-0.05, 0) is 30.3 Å². The van der Waals surface area contributed by atoms with Gasteiger partial charge in [-0.25, -0.2) is 0 Å². The molecule has 4 heterocycles. The Kier molecular flexibility index (Phi) is 4.54. The van der Waals surface area contributed by atoms with Crippen molar-refractivity contribution in [3.05, 3.63) is 59.1 Å². The van der Waals surface area contributed by atoms with Crippen LogP contribution in [0.3, 0.4) is 0 Å². The van der Waals surface area contributed by atoms with E-state index in [1.807, 2.05) is 24.4 Å². The topological polar surface area (TPSA) is 79.5 Å². The van der Waals surface area contributed by atoms with Gasteiger partial charge in [0.2, 0.25) is 5.78 Å². The third-order valence-corrected chi connectivity index (χ3v) is 5.46. The molecule has 148 valence electrons. The Morgan fingerprint density at radius 2 is 2.14 bits per heavy atom. The molecule has 3 aromatic rings. The Bertz CT molecular complexity index is 1110. The summed E-state index contributed by atoms with van der Waals surface area (Å²) < 4.78 is 11.7. The van der Waals surface area contributed by atoms with Crippen molar-refractivity contribution in [2.24, 2.45) is 0 Å². The Balaban J connectivity index is 1.52. The van der Waals surface area contributed by atoms with Gasteiger partial charge in [0.15, 0.2) is 5.76 Å². The molecule has 0 radical (unpaired) electrons. The number of fused-ring (bicyclic) bond motifs is 2. The molecule has 1 fully saturated rings. The van der Waals surface area contributed by atoms with Gasteiger partial charge in [-0.2, -0.15) is 0 Å². The van der Waals surface area contributed by atoms with Gasteiger partial charge < -0.3 is 19.8 Å². The molecule has 7 nitrogen and oxygen atoms in total. The number of rotatable bonds is 4. The van der Waals surface area contributed by atoms with E-state index in [1.165, 1.54) is 0 Å². The highest BCUT2D eigenvalue weighted by Gasteiger charge is 2.32. The summed E-state index contributed by atoms with van der Waals surface area (Å²) >= 11 is 0. The highest BCUT2D eigenvalue weighted by Crippen LogP contribution is 2.40. The van der Waals surface area contributed by atoms with Crippen molar-refractivity contribution in [1.82, 2.24) is 20.2 Å². The zero-order chi connectivity index (χ0) is 19.8. The molecule has 29 heavy (non-hydrogen) atoms. The van der Waals surface area contributed by atoms with Gasteiger partial charge in [-0.3, -0.25) is 14.7 Å². The molecule has 2 N–H and O–H groups in total. The molecule has 2 aliphatic heterocycles. The van der Waals surface area contributed by atoms with Crippen LogP contribution in [0.5, 0.6) is 11.5 Å². The Morgan fingerprint density at radius 3 is 2.97 bits per heavy atom. The second-order valence-electron chi connectivity index (χ2n) is 7.23. The van der Waals surface area contributed by atoms with Crippen molar-refractivity contribution >= 4 is 22.9 Å². The maximum atomic E-state index is 13.0. The van der Waals surface area contributed by atoms with E-state index in [1.54, 1.807) is 25.4 Å². The summed E-state index contributed by atoms with van der Waals surface area (Å²) in [6.45, 7) is 4.49. The molecular formula is C22H22N4O3. The molecule has 2 aliphatic rings. The molecule has 0 unspecified atom stereocenters. The SMILES string of the molecule is COc1ccc2c(c1CN1CCNCC1)O/C(=C\c1c[nH]c3cccnc13)C2=O. The molecule has 0 bridgehead atoms. The summed E-state index contributed by atoms with van der Waals surface area (Å²) in [7, 11) is 1.65. The number of hydrogen-bond acceptors (Lipinski definition) is 6. The second-order valence-corrected chi connectivity index (χ2v) is 7.23. The standard InChI is InChI=1S/C22H22N4O3/c1-28-18-5-4-15-21(27)19(11-14-12-25-17-3-2-6-24-20(14)17)29-22(15)16(18)13-26-9-7-23-8-10-26/h2-6,11-12,23,25H,7-10,13H2,1H3/b19-11-. The van der Waals surface area contributed by atoms with Gasteiger partial charge in [0.1, 0.15) is 11.5 Å². The molecule has 1 aromatic carbocycles. The normalized spacial score (nSPS) is 18.2. The number of carbonyl (C=O) groups excluding carboxylic acids is 1. The highest BCUT2D eigenvalue weighted by molar-refractivity contribution is 6.15. The molecular weight excluding hydrogens is 368 g/mol. The Hall–Kier alpha value is -3.16. The first-order chi connectivity index (χ1) is 14.2. The number of aromatic amines is 1. The lowest BCUT2D eigenvalue weighted by atomic mass is 10.0. The van der Waals surface area contributed by atoms with Gasteiger partial charge in [-0.15, -0.1) is 0 Å². The number of aromatic nitrogens is 2. The lowest BCUT2D eigenvalue weighted by Gasteiger charge is -2.28. The van der Waals surface area contributed by atoms with Crippen LogP contribution in [0.1, 0.15) is 21.5 Å². The van der Waals surface area contributed by atoms with Crippen molar-refractivity contribution < 1.29 is 14.3 Å². The minimum absolute atomic E-state index is 0.116. The second kappa shape index (κ2) is 7.35. The van der Waals surface area contributed by atoms with Crippen molar-refractivity contribution in [3.63, 3.8) is 0 Å². The summed E-state index contributed by atoms with van der Waals surface area (Å²) in [5.74, 6) is 1.54. The molecule has 0 aliphatic carbocycles. The van der Waals surface area contributed by atoms with E-state index < -0.39 is 0 Å². The smallest absolute Gasteiger partial charge is 0.231 e. The number of ketones is 1. The van der Waals surface area contributed by atoms with Crippen molar-refractivity contribution in [2.45, 2.75) is 6.54 Å². The van der Waals surface area contributed by atoms with E-state index in [0.29, 0.717) is 23.6 Å². The summed E-state index contributed by atoms with van der Waals surface area (Å²) in [5, 5.41) is 3.36. The number of nitrogens with one attached hydrogen (secondary N) is 2. The number of carbonyl (C=O) groups is 1. The number of piperazine rings is 1. The maximum absolute atomic E-state index is 13.0. The van der Waals surface area contributed by atoms with Gasteiger partial charge in [0, 0.05) is 50.7 Å².